The number of nitrogens with zero attached hydrogens (tertiary/aromatic N) is 2. The van der Waals surface area contributed by atoms with Gasteiger partial charge in [-0.1, -0.05) is 30.3 Å². The van der Waals surface area contributed by atoms with Crippen molar-refractivity contribution in [3.05, 3.63) is 35.9 Å². The topological polar surface area (TPSA) is 53.0 Å². The third kappa shape index (κ3) is 5.52. The van der Waals surface area contributed by atoms with Gasteiger partial charge in [0.2, 0.25) is 0 Å². The molecular weight excluding hydrogens is 292 g/mol. The highest BCUT2D eigenvalue weighted by molar-refractivity contribution is 5.67. The van der Waals surface area contributed by atoms with Crippen LogP contribution in [0.25, 0.3) is 0 Å². The zero-order chi connectivity index (χ0) is 17.1. The highest BCUT2D eigenvalue weighted by Crippen LogP contribution is 2.24. The van der Waals surface area contributed by atoms with Crippen molar-refractivity contribution in [2.24, 2.45) is 0 Å². The highest BCUT2D eigenvalue weighted by atomic mass is 16.6. The van der Waals surface area contributed by atoms with Gasteiger partial charge in [-0.3, -0.25) is 4.90 Å². The fraction of sp³-hybridized carbons (Fsp3) is 0.611. The highest BCUT2D eigenvalue weighted by Gasteiger charge is 2.38. The summed E-state index contributed by atoms with van der Waals surface area (Å²) in [6.07, 6.45) is 0.264. The Kier molecular flexibility index (Phi) is 5.32. The first kappa shape index (κ1) is 17.8. The number of carbonyl (C=O) groups excluding carboxylic acids is 1. The quantitative estimate of drug-likeness (QED) is 0.926. The Bertz CT molecular complexity index is 527. The van der Waals surface area contributed by atoms with Crippen LogP contribution < -0.4 is 0 Å². The number of rotatable bonds is 4. The van der Waals surface area contributed by atoms with Crippen LogP contribution in [0.1, 0.15) is 32.8 Å². The largest absolute Gasteiger partial charge is 0.444 e. The van der Waals surface area contributed by atoms with E-state index in [0.29, 0.717) is 13.0 Å². The van der Waals surface area contributed by atoms with Crippen LogP contribution in [0.3, 0.4) is 0 Å². The third-order valence-corrected chi connectivity index (χ3v) is 3.90. The van der Waals surface area contributed by atoms with Crippen LogP contribution in [0.2, 0.25) is 0 Å². The molecule has 0 radical (unpaired) electrons. The predicted octanol–water partition coefficient (Wildman–Crippen LogP) is 2.49. The van der Waals surface area contributed by atoms with E-state index in [1.54, 1.807) is 7.05 Å². The van der Waals surface area contributed by atoms with Crippen molar-refractivity contribution >= 4 is 6.09 Å². The molecule has 0 bridgehead atoms. The number of aliphatic hydroxyl groups is 1. The summed E-state index contributed by atoms with van der Waals surface area (Å²) in [6.45, 7) is 8.01. The van der Waals surface area contributed by atoms with Crippen molar-refractivity contribution in [2.75, 3.05) is 26.7 Å². The second-order valence-corrected chi connectivity index (χ2v) is 7.51. The van der Waals surface area contributed by atoms with E-state index in [4.69, 9.17) is 4.74 Å². The van der Waals surface area contributed by atoms with Crippen molar-refractivity contribution in [1.82, 2.24) is 9.80 Å². The summed E-state index contributed by atoms with van der Waals surface area (Å²) in [5, 5.41) is 10.8. The lowest BCUT2D eigenvalue weighted by molar-refractivity contribution is -0.00713. The van der Waals surface area contributed by atoms with Gasteiger partial charge in [-0.2, -0.15) is 0 Å². The summed E-state index contributed by atoms with van der Waals surface area (Å²) in [5.41, 5.74) is -0.166. The van der Waals surface area contributed by atoms with Crippen LogP contribution in [-0.2, 0) is 11.3 Å². The normalized spacial score (nSPS) is 22.1. The number of benzene rings is 1. The molecular formula is C18H28N2O3. The van der Waals surface area contributed by atoms with Gasteiger partial charge in [-0.05, 0) is 32.8 Å². The summed E-state index contributed by atoms with van der Waals surface area (Å²) in [5.74, 6) is 0. The van der Waals surface area contributed by atoms with Gasteiger partial charge in [0, 0.05) is 26.7 Å². The summed E-state index contributed by atoms with van der Waals surface area (Å²) in [6, 6.07) is 10.2. The lowest BCUT2D eigenvalue weighted by Crippen LogP contribution is -2.47. The van der Waals surface area contributed by atoms with Crippen LogP contribution in [0, 0.1) is 0 Å². The summed E-state index contributed by atoms with van der Waals surface area (Å²) < 4.78 is 5.34. The van der Waals surface area contributed by atoms with Crippen molar-refractivity contribution in [2.45, 2.75) is 44.9 Å². The lowest BCUT2D eigenvalue weighted by atomic mass is 10.0. The van der Waals surface area contributed by atoms with Crippen LogP contribution in [-0.4, -0.2) is 58.9 Å². The molecule has 1 saturated heterocycles. The summed E-state index contributed by atoms with van der Waals surface area (Å²) in [4.78, 5) is 15.7. The Morgan fingerprint density at radius 1 is 1.35 bits per heavy atom. The second kappa shape index (κ2) is 6.89. The average molecular weight is 320 g/mol. The van der Waals surface area contributed by atoms with Gasteiger partial charge in [0.15, 0.2) is 0 Å². The van der Waals surface area contributed by atoms with Gasteiger partial charge in [-0.15, -0.1) is 0 Å². The van der Waals surface area contributed by atoms with Gasteiger partial charge < -0.3 is 14.7 Å². The van der Waals surface area contributed by atoms with Gasteiger partial charge in [0.1, 0.15) is 5.60 Å². The number of likely N-dealkylation sites (N-methyl/N-ethyl adjacent to an activating group) is 1. The van der Waals surface area contributed by atoms with Crippen molar-refractivity contribution in [3.63, 3.8) is 0 Å². The fourth-order valence-corrected chi connectivity index (χ4v) is 2.89. The minimum absolute atomic E-state index is 0.285. The van der Waals surface area contributed by atoms with E-state index in [2.05, 4.69) is 17.0 Å². The monoisotopic (exact) mass is 320 g/mol. The molecule has 1 aliphatic rings. The zero-order valence-corrected chi connectivity index (χ0v) is 14.6. The first-order valence-electron chi connectivity index (χ1n) is 8.10. The van der Waals surface area contributed by atoms with Gasteiger partial charge in [-0.25, -0.2) is 4.79 Å². The lowest BCUT2D eigenvalue weighted by Gasteiger charge is -2.30. The van der Waals surface area contributed by atoms with Crippen molar-refractivity contribution in [3.8, 4) is 0 Å². The standard InChI is InChI=1S/C18H28N2O3/c1-17(2,3)23-16(21)19(4)13-18(22)10-11-20(14-18)12-15-8-6-5-7-9-15/h5-9,22H,10-14H2,1-4H3. The minimum atomic E-state index is -0.875. The smallest absolute Gasteiger partial charge is 0.410 e. The van der Waals surface area contributed by atoms with E-state index in [0.717, 1.165) is 13.1 Å². The van der Waals surface area contributed by atoms with Crippen molar-refractivity contribution < 1.29 is 14.6 Å². The van der Waals surface area contributed by atoms with Crippen LogP contribution in [0.4, 0.5) is 4.79 Å². The molecule has 1 unspecified atom stereocenters. The van der Waals surface area contributed by atoms with E-state index in [1.807, 2.05) is 39.0 Å². The number of likely N-dealkylation sites (tertiary alicyclic amines) is 1. The molecule has 2 rings (SSSR count). The molecule has 1 atom stereocenters. The van der Waals surface area contributed by atoms with Gasteiger partial charge in [0.25, 0.3) is 0 Å². The Morgan fingerprint density at radius 3 is 2.61 bits per heavy atom. The molecule has 1 aromatic carbocycles. The molecule has 1 fully saturated rings. The summed E-state index contributed by atoms with van der Waals surface area (Å²) in [7, 11) is 1.67. The first-order chi connectivity index (χ1) is 10.7. The first-order valence-corrected chi connectivity index (χ1v) is 8.10. The van der Waals surface area contributed by atoms with Gasteiger partial charge in [0.05, 0.1) is 12.1 Å². The van der Waals surface area contributed by atoms with Crippen molar-refractivity contribution in [1.29, 1.82) is 0 Å². The van der Waals surface area contributed by atoms with Gasteiger partial charge >= 0.3 is 6.09 Å². The Labute approximate surface area is 138 Å². The number of carbonyl (C=O) groups is 1. The molecule has 0 spiro atoms. The average Bonchev–Trinajstić information content (AvgIpc) is 2.79. The zero-order valence-electron chi connectivity index (χ0n) is 14.6. The molecule has 23 heavy (non-hydrogen) atoms. The Morgan fingerprint density at radius 2 is 2.00 bits per heavy atom. The minimum Gasteiger partial charge on any atom is -0.444 e. The van der Waals surface area contributed by atoms with Crippen LogP contribution in [0.15, 0.2) is 30.3 Å². The molecule has 128 valence electrons. The van der Waals surface area contributed by atoms with E-state index in [9.17, 15) is 9.90 Å². The number of hydrogen-bond donors (Lipinski definition) is 1. The van der Waals surface area contributed by atoms with E-state index in [-0.39, 0.29) is 6.54 Å². The number of ether oxygens (including phenoxy) is 1. The molecule has 1 aromatic rings. The molecule has 0 aliphatic carbocycles. The number of β-amino-alcohol motifs (C(OH)–C–C–N with tert-alkyl or cyclic N) is 1. The second-order valence-electron chi connectivity index (χ2n) is 7.51. The Balaban J connectivity index is 1.87. The molecule has 1 N–H and O–H groups in total. The maximum atomic E-state index is 12.0. The molecule has 1 heterocycles. The van der Waals surface area contributed by atoms with E-state index >= 15 is 0 Å². The Hall–Kier alpha value is -1.59. The molecule has 5 heteroatoms. The molecule has 1 amide bonds. The molecule has 1 aliphatic heterocycles. The molecule has 0 saturated carbocycles. The maximum absolute atomic E-state index is 12.0. The third-order valence-electron chi connectivity index (χ3n) is 3.90. The van der Waals surface area contributed by atoms with Crippen LogP contribution in [0.5, 0.6) is 0 Å². The number of amides is 1. The molecule has 5 nitrogen and oxygen atoms in total. The maximum Gasteiger partial charge on any atom is 0.410 e. The SMILES string of the molecule is CN(CC1(O)CCN(Cc2ccccc2)C1)C(=O)OC(C)(C)C. The number of hydrogen-bond acceptors (Lipinski definition) is 4. The summed E-state index contributed by atoms with van der Waals surface area (Å²) >= 11 is 0. The van der Waals surface area contributed by atoms with E-state index < -0.39 is 17.3 Å². The molecule has 0 aromatic heterocycles. The fourth-order valence-electron chi connectivity index (χ4n) is 2.89. The van der Waals surface area contributed by atoms with Crippen LogP contribution >= 0.6 is 0 Å². The van der Waals surface area contributed by atoms with E-state index in [1.165, 1.54) is 10.5 Å². The predicted molar refractivity (Wildman–Crippen MR) is 90.1 cm³/mol.